The Morgan fingerprint density at radius 1 is 0.909 bits per heavy atom. The zero-order valence-electron chi connectivity index (χ0n) is 18.8. The van der Waals surface area contributed by atoms with Crippen molar-refractivity contribution in [2.75, 3.05) is 36.3 Å². The summed E-state index contributed by atoms with van der Waals surface area (Å²) in [5, 5.41) is 2.86. The van der Waals surface area contributed by atoms with Crippen LogP contribution >= 0.6 is 0 Å². The Morgan fingerprint density at radius 2 is 1.61 bits per heavy atom. The maximum atomic E-state index is 12.9. The molecule has 3 rings (SSSR count). The fourth-order valence-electron chi connectivity index (χ4n) is 3.25. The maximum absolute atomic E-state index is 12.9. The van der Waals surface area contributed by atoms with Gasteiger partial charge in [-0.15, -0.1) is 0 Å². The van der Waals surface area contributed by atoms with Gasteiger partial charge in [0.15, 0.2) is 0 Å². The summed E-state index contributed by atoms with van der Waals surface area (Å²) in [6.07, 6.45) is 0. The number of rotatable bonds is 11. The standard InChI is InChI=1S/C25H29N3O4S/c1-3-28(4-2)17-18-32-24-16-9-8-15-23(24)26-25(29)20-11-10-12-21(19-20)27-33(30,31)22-13-6-5-7-14-22/h5-16,19,27H,3-4,17-18H2,1-2H3,(H,26,29). The summed E-state index contributed by atoms with van der Waals surface area (Å²) in [5.41, 5.74) is 1.17. The molecule has 33 heavy (non-hydrogen) atoms. The van der Waals surface area contributed by atoms with Crippen molar-refractivity contribution in [2.24, 2.45) is 0 Å². The van der Waals surface area contributed by atoms with Crippen LogP contribution in [0.15, 0.2) is 83.8 Å². The number of anilines is 2. The van der Waals surface area contributed by atoms with Crippen LogP contribution < -0.4 is 14.8 Å². The lowest BCUT2D eigenvalue weighted by Crippen LogP contribution is -2.28. The number of hydrogen-bond acceptors (Lipinski definition) is 5. The molecule has 0 aliphatic rings. The first-order valence-corrected chi connectivity index (χ1v) is 12.3. The summed E-state index contributed by atoms with van der Waals surface area (Å²) < 4.78 is 33.6. The predicted molar refractivity (Wildman–Crippen MR) is 131 cm³/mol. The second kappa shape index (κ2) is 11.5. The van der Waals surface area contributed by atoms with E-state index in [-0.39, 0.29) is 10.8 Å². The third-order valence-corrected chi connectivity index (χ3v) is 6.52. The highest BCUT2D eigenvalue weighted by molar-refractivity contribution is 7.92. The van der Waals surface area contributed by atoms with E-state index in [1.165, 1.54) is 18.2 Å². The number of carbonyl (C=O) groups is 1. The molecule has 0 unspecified atom stereocenters. The monoisotopic (exact) mass is 467 g/mol. The van der Waals surface area contributed by atoms with E-state index in [1.54, 1.807) is 42.5 Å². The average molecular weight is 468 g/mol. The van der Waals surface area contributed by atoms with Crippen molar-refractivity contribution in [3.63, 3.8) is 0 Å². The molecule has 0 radical (unpaired) electrons. The zero-order chi connectivity index (χ0) is 23.7. The first-order chi connectivity index (χ1) is 15.9. The zero-order valence-corrected chi connectivity index (χ0v) is 19.6. The third kappa shape index (κ3) is 6.81. The molecule has 0 saturated heterocycles. The topological polar surface area (TPSA) is 87.7 Å². The SMILES string of the molecule is CCN(CC)CCOc1ccccc1NC(=O)c1cccc(NS(=O)(=O)c2ccccc2)c1. The minimum atomic E-state index is -3.75. The van der Waals surface area contributed by atoms with Gasteiger partial charge in [0, 0.05) is 17.8 Å². The first kappa shape index (κ1) is 24.3. The molecule has 0 aliphatic carbocycles. The lowest BCUT2D eigenvalue weighted by atomic mass is 10.2. The molecule has 174 valence electrons. The third-order valence-electron chi connectivity index (χ3n) is 5.13. The number of para-hydroxylation sites is 2. The van der Waals surface area contributed by atoms with Gasteiger partial charge in [0.2, 0.25) is 0 Å². The van der Waals surface area contributed by atoms with Crippen LogP contribution in [0.3, 0.4) is 0 Å². The number of nitrogens with one attached hydrogen (secondary N) is 2. The van der Waals surface area contributed by atoms with E-state index in [4.69, 9.17) is 4.74 Å². The minimum absolute atomic E-state index is 0.149. The number of hydrogen-bond donors (Lipinski definition) is 2. The van der Waals surface area contributed by atoms with Crippen LogP contribution in [0.5, 0.6) is 5.75 Å². The van der Waals surface area contributed by atoms with Gasteiger partial charge in [-0.1, -0.05) is 50.2 Å². The van der Waals surface area contributed by atoms with Gasteiger partial charge in [-0.3, -0.25) is 9.52 Å². The molecule has 0 aliphatic heterocycles. The van der Waals surface area contributed by atoms with Gasteiger partial charge in [0.25, 0.3) is 15.9 Å². The molecular formula is C25H29N3O4S. The van der Waals surface area contributed by atoms with Crippen LogP contribution in [0, 0.1) is 0 Å². The number of nitrogens with zero attached hydrogens (tertiary/aromatic N) is 1. The van der Waals surface area contributed by atoms with Gasteiger partial charge in [0.1, 0.15) is 12.4 Å². The van der Waals surface area contributed by atoms with Gasteiger partial charge < -0.3 is 15.0 Å². The number of ether oxygens (including phenoxy) is 1. The number of amides is 1. The number of sulfonamides is 1. The molecule has 0 aromatic heterocycles. The Kier molecular flexibility index (Phi) is 8.46. The largest absolute Gasteiger partial charge is 0.490 e. The van der Waals surface area contributed by atoms with Crippen molar-refractivity contribution in [3.05, 3.63) is 84.4 Å². The van der Waals surface area contributed by atoms with E-state index in [2.05, 4.69) is 28.8 Å². The second-order valence-electron chi connectivity index (χ2n) is 7.32. The molecule has 0 atom stereocenters. The van der Waals surface area contributed by atoms with Gasteiger partial charge in [-0.25, -0.2) is 8.42 Å². The minimum Gasteiger partial charge on any atom is -0.490 e. The molecule has 0 bridgehead atoms. The highest BCUT2D eigenvalue weighted by Gasteiger charge is 2.15. The number of likely N-dealkylation sites (N-methyl/N-ethyl adjacent to an activating group) is 1. The van der Waals surface area contributed by atoms with Crippen LogP contribution in [-0.4, -0.2) is 45.5 Å². The number of benzene rings is 3. The van der Waals surface area contributed by atoms with Gasteiger partial charge in [-0.05, 0) is 55.6 Å². The fourth-order valence-corrected chi connectivity index (χ4v) is 4.32. The smallest absolute Gasteiger partial charge is 0.261 e. The first-order valence-electron chi connectivity index (χ1n) is 10.9. The quantitative estimate of drug-likeness (QED) is 0.435. The molecule has 3 aromatic carbocycles. The molecule has 2 N–H and O–H groups in total. The highest BCUT2D eigenvalue weighted by atomic mass is 32.2. The van der Waals surface area contributed by atoms with Gasteiger partial charge in [0.05, 0.1) is 10.6 Å². The number of carbonyl (C=O) groups excluding carboxylic acids is 1. The normalized spacial score (nSPS) is 11.2. The summed E-state index contributed by atoms with van der Waals surface area (Å²) in [5.74, 6) is 0.217. The van der Waals surface area contributed by atoms with Crippen molar-refractivity contribution in [3.8, 4) is 5.75 Å². The van der Waals surface area contributed by atoms with E-state index in [0.717, 1.165) is 19.6 Å². The van der Waals surface area contributed by atoms with Crippen molar-refractivity contribution in [1.82, 2.24) is 4.90 Å². The molecule has 3 aromatic rings. The molecule has 0 saturated carbocycles. The molecule has 0 spiro atoms. The summed E-state index contributed by atoms with van der Waals surface area (Å²) in [6.45, 7) is 7.40. The van der Waals surface area contributed by atoms with E-state index in [9.17, 15) is 13.2 Å². The van der Waals surface area contributed by atoms with E-state index >= 15 is 0 Å². The Labute approximate surface area is 195 Å². The second-order valence-corrected chi connectivity index (χ2v) is 9.01. The molecule has 7 nitrogen and oxygen atoms in total. The Morgan fingerprint density at radius 3 is 2.33 bits per heavy atom. The van der Waals surface area contributed by atoms with Crippen molar-refractivity contribution in [2.45, 2.75) is 18.7 Å². The average Bonchev–Trinajstić information content (AvgIpc) is 2.83. The van der Waals surface area contributed by atoms with Gasteiger partial charge >= 0.3 is 0 Å². The Hall–Kier alpha value is -3.36. The molecule has 8 heteroatoms. The maximum Gasteiger partial charge on any atom is 0.261 e. The van der Waals surface area contributed by atoms with Crippen LogP contribution in [0.4, 0.5) is 11.4 Å². The summed E-state index contributed by atoms with van der Waals surface area (Å²) in [7, 11) is -3.75. The van der Waals surface area contributed by atoms with Crippen molar-refractivity contribution >= 4 is 27.3 Å². The summed E-state index contributed by atoms with van der Waals surface area (Å²) in [4.78, 5) is 15.3. The Bertz CT molecular complexity index is 1160. The van der Waals surface area contributed by atoms with E-state index in [0.29, 0.717) is 29.3 Å². The van der Waals surface area contributed by atoms with Crippen LogP contribution in [-0.2, 0) is 10.0 Å². The van der Waals surface area contributed by atoms with Crippen LogP contribution in [0.2, 0.25) is 0 Å². The molecule has 0 fully saturated rings. The van der Waals surface area contributed by atoms with Crippen molar-refractivity contribution in [1.29, 1.82) is 0 Å². The van der Waals surface area contributed by atoms with Gasteiger partial charge in [-0.2, -0.15) is 0 Å². The lowest BCUT2D eigenvalue weighted by Gasteiger charge is -2.19. The molecule has 1 amide bonds. The highest BCUT2D eigenvalue weighted by Crippen LogP contribution is 2.25. The lowest BCUT2D eigenvalue weighted by molar-refractivity contribution is 0.102. The van der Waals surface area contributed by atoms with Crippen LogP contribution in [0.25, 0.3) is 0 Å². The fraction of sp³-hybridized carbons (Fsp3) is 0.240. The van der Waals surface area contributed by atoms with Crippen LogP contribution in [0.1, 0.15) is 24.2 Å². The van der Waals surface area contributed by atoms with Crippen molar-refractivity contribution < 1.29 is 17.9 Å². The molecular weight excluding hydrogens is 438 g/mol. The summed E-state index contributed by atoms with van der Waals surface area (Å²) >= 11 is 0. The van der Waals surface area contributed by atoms with E-state index in [1.807, 2.05) is 18.2 Å². The Balaban J connectivity index is 1.69. The predicted octanol–water partition coefficient (Wildman–Crippen LogP) is 4.46. The molecule has 0 heterocycles. The van der Waals surface area contributed by atoms with E-state index < -0.39 is 10.0 Å². The summed E-state index contributed by atoms with van der Waals surface area (Å²) in [6, 6.07) is 21.7.